The number of benzene rings is 1. The first-order chi connectivity index (χ1) is 12.6. The van der Waals surface area contributed by atoms with Crippen molar-refractivity contribution >= 4 is 35.1 Å². The average molecular weight is 428 g/mol. The Hall–Kier alpha value is -0.620. The smallest absolute Gasteiger partial charge is 0.320 e. The lowest BCUT2D eigenvalue weighted by Crippen LogP contribution is -2.35. The van der Waals surface area contributed by atoms with Gasteiger partial charge in [0.2, 0.25) is 5.96 Å². The van der Waals surface area contributed by atoms with Crippen LogP contribution in [-0.4, -0.2) is 59.5 Å². The van der Waals surface area contributed by atoms with Gasteiger partial charge in [-0.3, -0.25) is 4.57 Å². The number of likely N-dealkylation sites (N-methyl/N-ethyl adjacent to an activating group) is 2. The van der Waals surface area contributed by atoms with Crippen molar-refractivity contribution in [1.29, 1.82) is 0 Å². The summed E-state index contributed by atoms with van der Waals surface area (Å²) in [5, 5.41) is 0.137. The van der Waals surface area contributed by atoms with Crippen LogP contribution >= 0.6 is 29.1 Å². The molecule has 2 fully saturated rings. The van der Waals surface area contributed by atoms with Crippen LogP contribution in [0.1, 0.15) is 38.5 Å². The van der Waals surface area contributed by atoms with Gasteiger partial charge in [0.15, 0.2) is 0 Å². The summed E-state index contributed by atoms with van der Waals surface area (Å²) in [6, 6.07) is 10.4. The third-order valence-corrected chi connectivity index (χ3v) is 11.0. The van der Waals surface area contributed by atoms with Crippen molar-refractivity contribution in [2.75, 3.05) is 27.2 Å². The van der Waals surface area contributed by atoms with Crippen LogP contribution in [0.2, 0.25) is 0 Å². The molecule has 8 heteroatoms. The van der Waals surface area contributed by atoms with Gasteiger partial charge in [0.25, 0.3) is 0 Å². The number of rotatable bonds is 5. The summed E-state index contributed by atoms with van der Waals surface area (Å²) in [5.74, 6) is 0.763. The molecule has 2 saturated heterocycles. The number of hydrogen-bond acceptors (Lipinski definition) is 4. The van der Waals surface area contributed by atoms with Crippen LogP contribution in [0, 0.1) is 0 Å². The summed E-state index contributed by atoms with van der Waals surface area (Å²) in [4.78, 5) is 4.10. The molecule has 0 aliphatic carbocycles. The Bertz CT molecular complexity index is 730. The molecule has 150 valence electrons. The van der Waals surface area contributed by atoms with E-state index in [1.54, 1.807) is 0 Å². The van der Waals surface area contributed by atoms with Gasteiger partial charge in [-0.05, 0) is 19.4 Å². The zero-order valence-electron chi connectivity index (χ0n) is 17.0. The largest absolute Gasteiger partial charge is 0.344 e. The first kappa shape index (κ1) is 21.1. The van der Waals surface area contributed by atoms with Crippen LogP contribution in [0.25, 0.3) is 0 Å². The lowest BCUT2D eigenvalue weighted by atomic mass is 9.98. The fourth-order valence-corrected chi connectivity index (χ4v) is 8.58. The highest BCUT2D eigenvalue weighted by molar-refractivity contribution is 8.77. The van der Waals surface area contributed by atoms with E-state index in [0.717, 1.165) is 19.0 Å². The van der Waals surface area contributed by atoms with E-state index in [1.165, 1.54) is 5.56 Å². The number of hydrogen-bond donors (Lipinski definition) is 0. The van der Waals surface area contributed by atoms with Crippen molar-refractivity contribution in [3.8, 4) is 0 Å². The number of guanidine groups is 1. The molecule has 0 spiro atoms. The van der Waals surface area contributed by atoms with E-state index < -0.39 is 7.52 Å². The van der Waals surface area contributed by atoms with Crippen LogP contribution < -0.4 is 0 Å². The van der Waals surface area contributed by atoms with Crippen molar-refractivity contribution in [3.05, 3.63) is 35.9 Å². The second-order valence-corrected chi connectivity index (χ2v) is 13.6. The Morgan fingerprint density at radius 2 is 1.78 bits per heavy atom. The summed E-state index contributed by atoms with van der Waals surface area (Å²) < 4.78 is 24.9. The van der Waals surface area contributed by atoms with E-state index in [2.05, 4.69) is 35.8 Å². The third-order valence-electron chi connectivity index (χ3n) is 5.05. The Labute approximate surface area is 171 Å². The molecule has 5 nitrogen and oxygen atoms in total. The molecule has 0 N–H and O–H groups in total. The summed E-state index contributed by atoms with van der Waals surface area (Å²) in [7, 11) is 4.37. The van der Waals surface area contributed by atoms with Crippen molar-refractivity contribution in [2.45, 2.75) is 49.5 Å². The predicted octanol–water partition coefficient (Wildman–Crippen LogP) is 5.12. The van der Waals surface area contributed by atoms with E-state index in [4.69, 9.17) is 9.29 Å². The molecule has 0 aromatic heterocycles. The van der Waals surface area contributed by atoms with Crippen molar-refractivity contribution in [3.63, 3.8) is 0 Å². The van der Waals surface area contributed by atoms with E-state index in [0.29, 0.717) is 0 Å². The zero-order chi connectivity index (χ0) is 19.8. The van der Waals surface area contributed by atoms with E-state index in [9.17, 15) is 4.57 Å². The van der Waals surface area contributed by atoms with E-state index in [-0.39, 0.29) is 21.8 Å². The van der Waals surface area contributed by atoms with Crippen LogP contribution in [0.3, 0.4) is 0 Å². The fourth-order valence-electron chi connectivity index (χ4n) is 3.19. The Morgan fingerprint density at radius 1 is 1.19 bits per heavy atom. The van der Waals surface area contributed by atoms with Crippen LogP contribution in [0.4, 0.5) is 0 Å². The summed E-state index contributed by atoms with van der Waals surface area (Å²) in [5.41, 5.74) is 1.04. The fraction of sp³-hybridized carbons (Fsp3) is 0.632. The second-order valence-electron chi connectivity index (χ2n) is 8.04. The van der Waals surface area contributed by atoms with E-state index in [1.807, 2.05) is 67.7 Å². The van der Waals surface area contributed by atoms with Gasteiger partial charge in [-0.15, -0.1) is 0 Å². The van der Waals surface area contributed by atoms with Crippen LogP contribution in [0.5, 0.6) is 0 Å². The maximum Gasteiger partial charge on any atom is 0.320 e. The van der Waals surface area contributed by atoms with Gasteiger partial charge in [-0.1, -0.05) is 65.8 Å². The van der Waals surface area contributed by atoms with Gasteiger partial charge < -0.3 is 14.3 Å². The summed E-state index contributed by atoms with van der Waals surface area (Å²) in [6.07, 6.45) is -0.176. The second kappa shape index (κ2) is 8.02. The minimum Gasteiger partial charge on any atom is -0.344 e. The first-order valence-corrected chi connectivity index (χ1v) is 13.2. The molecule has 0 saturated carbocycles. The molecule has 1 aromatic rings. The molecule has 0 radical (unpaired) electrons. The molecule has 2 aliphatic rings. The molecule has 3 atom stereocenters. The quantitative estimate of drug-likeness (QED) is 0.480. The lowest BCUT2D eigenvalue weighted by molar-refractivity contribution is 0.169. The van der Waals surface area contributed by atoms with Crippen molar-refractivity contribution < 1.29 is 9.09 Å². The normalized spacial score (nSPS) is 27.3. The highest BCUT2D eigenvalue weighted by Crippen LogP contribution is 2.65. The zero-order valence-corrected chi connectivity index (χ0v) is 19.5. The highest BCUT2D eigenvalue weighted by atomic mass is 33.1. The Morgan fingerprint density at radius 3 is 2.33 bits per heavy atom. The minimum atomic E-state index is -3.22. The minimum absolute atomic E-state index is 0.137. The van der Waals surface area contributed by atoms with Gasteiger partial charge in [0.05, 0.1) is 17.0 Å². The maximum atomic E-state index is 13.9. The van der Waals surface area contributed by atoms with Gasteiger partial charge in [-0.2, -0.15) is 4.76 Å². The molecule has 27 heavy (non-hydrogen) atoms. The molecular formula is C19H30N3O2PS2. The summed E-state index contributed by atoms with van der Waals surface area (Å²) in [6.45, 7) is 10.0. The maximum absolute atomic E-state index is 13.9. The molecule has 0 bridgehead atoms. The average Bonchev–Trinajstić information content (AvgIpc) is 3.09. The Balaban J connectivity index is 1.94. The molecule has 3 rings (SSSR count). The van der Waals surface area contributed by atoms with E-state index >= 15 is 0 Å². The molecule has 2 heterocycles. The highest BCUT2D eigenvalue weighted by Gasteiger charge is 2.49. The Kier molecular flexibility index (Phi) is 6.26. The van der Waals surface area contributed by atoms with Crippen LogP contribution in [0.15, 0.2) is 35.1 Å². The molecule has 2 aliphatic heterocycles. The SMILES string of the molecule is CC(C)P(=O)(N=C1N(C)CCN1C)O[C@H]1C(c2ccccc2)SSC1(C)C. The van der Waals surface area contributed by atoms with Gasteiger partial charge in [0, 0.05) is 31.9 Å². The van der Waals surface area contributed by atoms with Gasteiger partial charge >= 0.3 is 7.52 Å². The van der Waals surface area contributed by atoms with Gasteiger partial charge in [0.1, 0.15) is 0 Å². The molecule has 1 aromatic carbocycles. The third kappa shape index (κ3) is 4.36. The molecular weight excluding hydrogens is 397 g/mol. The molecule has 0 amide bonds. The monoisotopic (exact) mass is 427 g/mol. The lowest BCUT2D eigenvalue weighted by Gasteiger charge is -2.32. The number of nitrogens with zero attached hydrogens (tertiary/aromatic N) is 3. The van der Waals surface area contributed by atoms with Gasteiger partial charge in [-0.25, -0.2) is 0 Å². The topological polar surface area (TPSA) is 45.1 Å². The van der Waals surface area contributed by atoms with Crippen molar-refractivity contribution in [2.24, 2.45) is 4.76 Å². The first-order valence-electron chi connectivity index (χ1n) is 9.34. The molecule has 2 unspecified atom stereocenters. The standard InChI is InChI=1S/C19H30N3O2PS2/c1-14(2)25(23,20-18-21(5)12-13-22(18)6)24-17-16(26-27-19(17,3)4)15-10-8-7-9-11-15/h7-11,14,16-17H,12-13H2,1-6H3/t16?,17-,25?/m0/s1. The predicted molar refractivity (Wildman–Crippen MR) is 119 cm³/mol. The summed E-state index contributed by atoms with van der Waals surface area (Å²) >= 11 is 0. The van der Waals surface area contributed by atoms with Crippen LogP contribution in [-0.2, 0) is 9.09 Å². The van der Waals surface area contributed by atoms with Crippen molar-refractivity contribution in [1.82, 2.24) is 9.80 Å².